The second-order valence-electron chi connectivity index (χ2n) is 5.91. The van der Waals surface area contributed by atoms with E-state index in [0.717, 1.165) is 12.0 Å². The topological polar surface area (TPSA) is 46.6 Å². The van der Waals surface area contributed by atoms with Crippen molar-refractivity contribution in [3.8, 4) is 0 Å². The van der Waals surface area contributed by atoms with Gasteiger partial charge in [-0.2, -0.15) is 0 Å². The summed E-state index contributed by atoms with van der Waals surface area (Å²) in [6, 6.07) is 9.86. The molecule has 0 aromatic heterocycles. The summed E-state index contributed by atoms with van der Waals surface area (Å²) in [7, 11) is 0. The summed E-state index contributed by atoms with van der Waals surface area (Å²) >= 11 is 0. The molecule has 1 aromatic carbocycles. The molecule has 122 valence electrons. The fourth-order valence-electron chi connectivity index (χ4n) is 2.18. The molecule has 0 saturated carbocycles. The van der Waals surface area contributed by atoms with Crippen LogP contribution in [0.3, 0.4) is 0 Å². The van der Waals surface area contributed by atoms with Crippen molar-refractivity contribution in [1.82, 2.24) is 4.90 Å². The van der Waals surface area contributed by atoms with Crippen LogP contribution in [0.2, 0.25) is 0 Å². The van der Waals surface area contributed by atoms with E-state index in [1.54, 1.807) is 6.92 Å². The maximum absolute atomic E-state index is 12.1. The first-order valence-electron chi connectivity index (χ1n) is 7.94. The van der Waals surface area contributed by atoms with E-state index in [-0.39, 0.29) is 18.3 Å². The quantitative estimate of drug-likeness (QED) is 0.623. The van der Waals surface area contributed by atoms with Crippen molar-refractivity contribution in [3.05, 3.63) is 35.9 Å². The number of rotatable bonds is 10. The van der Waals surface area contributed by atoms with Gasteiger partial charge in [-0.1, -0.05) is 44.2 Å². The Hall–Kier alpha value is -1.68. The summed E-state index contributed by atoms with van der Waals surface area (Å²) in [5, 5.41) is 0. The Balaban J connectivity index is 2.61. The lowest BCUT2D eigenvalue weighted by atomic mass is 10.1. The van der Waals surface area contributed by atoms with Gasteiger partial charge in [-0.15, -0.1) is 0 Å². The first-order chi connectivity index (χ1) is 10.5. The molecule has 0 heterocycles. The lowest BCUT2D eigenvalue weighted by Crippen LogP contribution is -2.35. The van der Waals surface area contributed by atoms with Crippen molar-refractivity contribution < 1.29 is 14.3 Å². The number of Topliss-reactive ketones (excluding diaryl/α,β-unsaturated/α-hetero) is 1. The average Bonchev–Trinajstić information content (AvgIpc) is 2.46. The summed E-state index contributed by atoms with van der Waals surface area (Å²) in [5.41, 5.74) is 1.09. The zero-order chi connectivity index (χ0) is 16.4. The SMILES string of the molecule is CCOC(=O)CN(CC(=O)CCC(C)C)Cc1ccccc1. The molecule has 0 aliphatic carbocycles. The summed E-state index contributed by atoms with van der Waals surface area (Å²) in [4.78, 5) is 25.7. The number of carbonyl (C=O) groups excluding carboxylic acids is 2. The lowest BCUT2D eigenvalue weighted by Gasteiger charge is -2.21. The molecule has 1 aromatic rings. The molecule has 4 heteroatoms. The third kappa shape index (κ3) is 7.93. The third-order valence-corrected chi connectivity index (χ3v) is 3.31. The highest BCUT2D eigenvalue weighted by Crippen LogP contribution is 2.08. The highest BCUT2D eigenvalue weighted by atomic mass is 16.5. The molecule has 1 rings (SSSR count). The van der Waals surface area contributed by atoms with Gasteiger partial charge in [0.2, 0.25) is 0 Å². The van der Waals surface area contributed by atoms with Crippen LogP contribution in [0.25, 0.3) is 0 Å². The summed E-state index contributed by atoms with van der Waals surface area (Å²) in [6.07, 6.45) is 1.45. The number of carbonyl (C=O) groups is 2. The van der Waals surface area contributed by atoms with E-state index >= 15 is 0 Å². The minimum Gasteiger partial charge on any atom is -0.465 e. The number of hydrogen-bond acceptors (Lipinski definition) is 4. The number of ether oxygens (including phenoxy) is 1. The smallest absolute Gasteiger partial charge is 0.320 e. The Morgan fingerprint density at radius 2 is 1.82 bits per heavy atom. The van der Waals surface area contributed by atoms with Gasteiger partial charge in [0.05, 0.1) is 19.7 Å². The van der Waals surface area contributed by atoms with Gasteiger partial charge >= 0.3 is 5.97 Å². The highest BCUT2D eigenvalue weighted by molar-refractivity contribution is 5.81. The van der Waals surface area contributed by atoms with E-state index in [1.807, 2.05) is 35.2 Å². The maximum atomic E-state index is 12.1. The fraction of sp³-hybridized carbons (Fsp3) is 0.556. The summed E-state index contributed by atoms with van der Waals surface area (Å²) in [5.74, 6) is 0.403. The predicted octanol–water partition coefficient (Wildman–Crippen LogP) is 3.06. The van der Waals surface area contributed by atoms with Crippen LogP contribution in [0.1, 0.15) is 39.2 Å². The number of hydrogen-bond donors (Lipinski definition) is 0. The molecule has 0 aliphatic rings. The van der Waals surface area contributed by atoms with Crippen LogP contribution in [0, 0.1) is 5.92 Å². The minimum atomic E-state index is -0.282. The molecule has 0 bridgehead atoms. The molecule has 0 radical (unpaired) electrons. The molecule has 4 nitrogen and oxygen atoms in total. The number of nitrogens with zero attached hydrogens (tertiary/aromatic N) is 1. The minimum absolute atomic E-state index is 0.149. The first-order valence-corrected chi connectivity index (χ1v) is 7.94. The van der Waals surface area contributed by atoms with E-state index in [2.05, 4.69) is 13.8 Å². The second kappa shape index (κ2) is 10.1. The predicted molar refractivity (Wildman–Crippen MR) is 87.4 cm³/mol. The molecule has 0 saturated heterocycles. The Labute approximate surface area is 133 Å². The van der Waals surface area contributed by atoms with Crippen LogP contribution in [-0.2, 0) is 20.9 Å². The number of benzene rings is 1. The van der Waals surface area contributed by atoms with Crippen molar-refractivity contribution in [2.75, 3.05) is 19.7 Å². The van der Waals surface area contributed by atoms with Gasteiger partial charge in [0.1, 0.15) is 5.78 Å². The Bertz CT molecular complexity index is 457. The van der Waals surface area contributed by atoms with Crippen molar-refractivity contribution >= 4 is 11.8 Å². The van der Waals surface area contributed by atoms with E-state index < -0.39 is 0 Å². The summed E-state index contributed by atoms with van der Waals surface area (Å²) < 4.78 is 5.00. The van der Waals surface area contributed by atoms with Crippen molar-refractivity contribution in [2.45, 2.75) is 40.2 Å². The average molecular weight is 305 g/mol. The fourth-order valence-corrected chi connectivity index (χ4v) is 2.18. The summed E-state index contributed by atoms with van der Waals surface area (Å²) in [6.45, 7) is 7.37. The molecule has 0 fully saturated rings. The molecule has 0 amide bonds. The van der Waals surface area contributed by atoms with Crippen LogP contribution in [-0.4, -0.2) is 36.3 Å². The van der Waals surface area contributed by atoms with Crippen molar-refractivity contribution in [3.63, 3.8) is 0 Å². The van der Waals surface area contributed by atoms with Gasteiger partial charge in [-0.3, -0.25) is 14.5 Å². The maximum Gasteiger partial charge on any atom is 0.320 e. The Kier molecular flexibility index (Phi) is 8.44. The molecule has 22 heavy (non-hydrogen) atoms. The van der Waals surface area contributed by atoms with Crippen LogP contribution in [0.5, 0.6) is 0 Å². The number of ketones is 1. The second-order valence-corrected chi connectivity index (χ2v) is 5.91. The van der Waals surface area contributed by atoms with Gasteiger partial charge in [-0.25, -0.2) is 0 Å². The number of esters is 1. The van der Waals surface area contributed by atoms with Crippen LogP contribution >= 0.6 is 0 Å². The molecule has 0 N–H and O–H groups in total. The molecule has 0 spiro atoms. The van der Waals surface area contributed by atoms with Gasteiger partial charge in [0.25, 0.3) is 0 Å². The molecular formula is C18H27NO3. The first kappa shape index (κ1) is 18.4. The largest absolute Gasteiger partial charge is 0.465 e. The third-order valence-electron chi connectivity index (χ3n) is 3.31. The zero-order valence-corrected chi connectivity index (χ0v) is 13.9. The lowest BCUT2D eigenvalue weighted by molar-refractivity contribution is -0.144. The zero-order valence-electron chi connectivity index (χ0n) is 13.9. The molecular weight excluding hydrogens is 278 g/mol. The standard InChI is InChI=1S/C18H27NO3/c1-4-22-18(21)14-19(12-16-8-6-5-7-9-16)13-17(20)11-10-15(2)3/h5-9,15H,4,10-14H2,1-3H3. The van der Waals surface area contributed by atoms with E-state index in [1.165, 1.54) is 0 Å². The van der Waals surface area contributed by atoms with Gasteiger partial charge < -0.3 is 4.74 Å². The molecule has 0 aliphatic heterocycles. The van der Waals surface area contributed by atoms with Gasteiger partial charge in [-0.05, 0) is 24.8 Å². The van der Waals surface area contributed by atoms with Crippen LogP contribution in [0.15, 0.2) is 30.3 Å². The van der Waals surface area contributed by atoms with Crippen molar-refractivity contribution in [2.24, 2.45) is 5.92 Å². The monoisotopic (exact) mass is 305 g/mol. The normalized spacial score (nSPS) is 11.0. The van der Waals surface area contributed by atoms with E-state index in [9.17, 15) is 9.59 Å². The van der Waals surface area contributed by atoms with Crippen LogP contribution < -0.4 is 0 Å². The highest BCUT2D eigenvalue weighted by Gasteiger charge is 2.16. The van der Waals surface area contributed by atoms with Crippen LogP contribution in [0.4, 0.5) is 0 Å². The Morgan fingerprint density at radius 3 is 2.41 bits per heavy atom. The molecule has 0 unspecified atom stereocenters. The van der Waals surface area contributed by atoms with Gasteiger partial charge in [0, 0.05) is 13.0 Å². The van der Waals surface area contributed by atoms with E-state index in [4.69, 9.17) is 4.74 Å². The molecule has 0 atom stereocenters. The van der Waals surface area contributed by atoms with Crippen molar-refractivity contribution in [1.29, 1.82) is 0 Å². The van der Waals surface area contributed by atoms with Gasteiger partial charge in [0.15, 0.2) is 0 Å². The van der Waals surface area contributed by atoms with E-state index in [0.29, 0.717) is 32.0 Å². The Morgan fingerprint density at radius 1 is 1.14 bits per heavy atom.